The first-order valence-electron chi connectivity index (χ1n) is 8.49. The fraction of sp³-hybridized carbons (Fsp3) is 0.500. The molecule has 1 aliphatic heterocycles. The van der Waals surface area contributed by atoms with Gasteiger partial charge in [-0.25, -0.2) is 0 Å². The lowest BCUT2D eigenvalue weighted by Gasteiger charge is -2.19. The van der Waals surface area contributed by atoms with Gasteiger partial charge in [0.25, 0.3) is 5.91 Å². The van der Waals surface area contributed by atoms with Crippen LogP contribution < -0.4 is 5.32 Å². The van der Waals surface area contributed by atoms with E-state index in [1.165, 1.54) is 5.56 Å². The summed E-state index contributed by atoms with van der Waals surface area (Å²) in [6.07, 6.45) is 7.12. The minimum atomic E-state index is -0.0647. The van der Waals surface area contributed by atoms with Crippen LogP contribution in [0, 0.1) is 12.8 Å². The molecule has 0 radical (unpaired) electrons. The summed E-state index contributed by atoms with van der Waals surface area (Å²) in [4.78, 5) is 16.7. The van der Waals surface area contributed by atoms with Crippen molar-refractivity contribution in [2.45, 2.75) is 39.3 Å². The summed E-state index contributed by atoms with van der Waals surface area (Å²) in [7, 11) is 0. The average Bonchev–Trinajstić information content (AvgIpc) is 3.16. The number of aryl methyl sites for hydroxylation is 1. The smallest absolute Gasteiger partial charge is 0.255 e. The zero-order valence-corrected chi connectivity index (χ0v) is 14.2. The van der Waals surface area contributed by atoms with Gasteiger partial charge in [0.05, 0.1) is 31.0 Å². The molecule has 0 bridgehead atoms. The number of nitrogens with zero attached hydrogens (tertiary/aromatic N) is 3. The molecule has 0 saturated carbocycles. The molecule has 3 heterocycles. The van der Waals surface area contributed by atoms with Gasteiger partial charge in [0.1, 0.15) is 0 Å². The summed E-state index contributed by atoms with van der Waals surface area (Å²) >= 11 is 0. The summed E-state index contributed by atoms with van der Waals surface area (Å²) < 4.78 is 7.48. The van der Waals surface area contributed by atoms with Crippen LogP contribution in [0.15, 0.2) is 30.7 Å². The van der Waals surface area contributed by atoms with Gasteiger partial charge in [0, 0.05) is 30.6 Å². The van der Waals surface area contributed by atoms with Gasteiger partial charge in [0.15, 0.2) is 0 Å². The number of amides is 1. The van der Waals surface area contributed by atoms with Crippen molar-refractivity contribution in [1.29, 1.82) is 0 Å². The Labute approximate surface area is 142 Å². The molecule has 6 heteroatoms. The molecule has 1 amide bonds. The highest BCUT2D eigenvalue weighted by Gasteiger charge is 2.30. The van der Waals surface area contributed by atoms with E-state index in [4.69, 9.17) is 4.74 Å². The van der Waals surface area contributed by atoms with Crippen molar-refractivity contribution in [1.82, 2.24) is 20.1 Å². The third-order valence-electron chi connectivity index (χ3n) is 4.55. The summed E-state index contributed by atoms with van der Waals surface area (Å²) in [6.45, 7) is 6.10. The molecule has 0 unspecified atom stereocenters. The van der Waals surface area contributed by atoms with Crippen molar-refractivity contribution in [3.05, 3.63) is 47.5 Å². The highest BCUT2D eigenvalue weighted by atomic mass is 16.5. The van der Waals surface area contributed by atoms with Crippen LogP contribution in [0.4, 0.5) is 0 Å². The van der Waals surface area contributed by atoms with Gasteiger partial charge >= 0.3 is 0 Å². The Morgan fingerprint density at radius 2 is 2.17 bits per heavy atom. The number of aromatic nitrogens is 3. The monoisotopic (exact) mass is 328 g/mol. The molecule has 2 atom stereocenters. The normalized spacial score (nSPS) is 20.2. The third kappa shape index (κ3) is 3.64. The SMILES string of the molecule is CCCn1ncc(C(=O)N[C@@H]2COC[C@H]2Cc2ccncc2)c1C. The van der Waals surface area contributed by atoms with Crippen molar-refractivity contribution in [3.8, 4) is 0 Å². The molecule has 1 fully saturated rings. The lowest BCUT2D eigenvalue weighted by Crippen LogP contribution is -2.40. The standard InChI is InChI=1S/C18H24N4O2/c1-3-8-22-13(2)16(10-20-22)18(23)21-17-12-24-11-15(17)9-14-4-6-19-7-5-14/h4-7,10,15,17H,3,8-9,11-12H2,1-2H3,(H,21,23)/t15-,17-/m1/s1. The third-order valence-corrected chi connectivity index (χ3v) is 4.55. The van der Waals surface area contributed by atoms with Crippen molar-refractivity contribution in [3.63, 3.8) is 0 Å². The zero-order chi connectivity index (χ0) is 16.9. The van der Waals surface area contributed by atoms with Gasteiger partial charge in [-0.2, -0.15) is 5.10 Å². The number of hydrogen-bond donors (Lipinski definition) is 1. The van der Waals surface area contributed by atoms with Crippen molar-refractivity contribution < 1.29 is 9.53 Å². The van der Waals surface area contributed by atoms with Crippen LogP contribution in [0.25, 0.3) is 0 Å². The van der Waals surface area contributed by atoms with E-state index in [9.17, 15) is 4.79 Å². The molecule has 1 saturated heterocycles. The maximum atomic E-state index is 12.6. The lowest BCUT2D eigenvalue weighted by atomic mass is 9.95. The maximum absolute atomic E-state index is 12.6. The van der Waals surface area contributed by atoms with Gasteiger partial charge in [-0.3, -0.25) is 14.5 Å². The molecule has 0 spiro atoms. The molecule has 24 heavy (non-hydrogen) atoms. The molecule has 2 aromatic rings. The number of nitrogens with one attached hydrogen (secondary N) is 1. The minimum absolute atomic E-state index is 0.0274. The lowest BCUT2D eigenvalue weighted by molar-refractivity contribution is 0.0924. The van der Waals surface area contributed by atoms with E-state index >= 15 is 0 Å². The predicted molar refractivity (Wildman–Crippen MR) is 90.8 cm³/mol. The summed E-state index contributed by atoms with van der Waals surface area (Å²) in [6, 6.07) is 4.05. The van der Waals surface area contributed by atoms with E-state index in [1.807, 2.05) is 23.7 Å². The van der Waals surface area contributed by atoms with Gasteiger partial charge < -0.3 is 10.1 Å². The molecule has 128 valence electrons. The van der Waals surface area contributed by atoms with Crippen LogP contribution >= 0.6 is 0 Å². The van der Waals surface area contributed by atoms with E-state index in [2.05, 4.69) is 22.3 Å². The van der Waals surface area contributed by atoms with E-state index in [0.717, 1.165) is 25.1 Å². The zero-order valence-electron chi connectivity index (χ0n) is 14.2. The van der Waals surface area contributed by atoms with Crippen molar-refractivity contribution in [2.75, 3.05) is 13.2 Å². The Morgan fingerprint density at radius 3 is 2.92 bits per heavy atom. The highest BCUT2D eigenvalue weighted by molar-refractivity contribution is 5.95. The van der Waals surface area contributed by atoms with E-state index < -0.39 is 0 Å². The number of hydrogen-bond acceptors (Lipinski definition) is 4. The summed E-state index contributed by atoms with van der Waals surface area (Å²) in [5.74, 6) is 0.215. The first-order chi connectivity index (χ1) is 11.7. The highest BCUT2D eigenvalue weighted by Crippen LogP contribution is 2.20. The van der Waals surface area contributed by atoms with Gasteiger partial charge in [-0.1, -0.05) is 6.92 Å². The first kappa shape index (κ1) is 16.6. The molecule has 6 nitrogen and oxygen atoms in total. The van der Waals surface area contributed by atoms with Gasteiger partial charge in [-0.05, 0) is 37.5 Å². The number of carbonyl (C=O) groups is 1. The summed E-state index contributed by atoms with van der Waals surface area (Å²) in [5, 5.41) is 7.43. The Kier molecular flexibility index (Phi) is 5.25. The van der Waals surface area contributed by atoms with Crippen LogP contribution in [0.2, 0.25) is 0 Å². The Bertz CT molecular complexity index is 684. The maximum Gasteiger partial charge on any atom is 0.255 e. The molecular formula is C18H24N4O2. The second-order valence-electron chi connectivity index (χ2n) is 6.30. The topological polar surface area (TPSA) is 69.0 Å². The number of ether oxygens (including phenoxy) is 1. The van der Waals surface area contributed by atoms with Crippen molar-refractivity contribution in [2.24, 2.45) is 5.92 Å². The molecule has 0 aromatic carbocycles. The van der Waals surface area contributed by atoms with E-state index in [1.54, 1.807) is 18.6 Å². The average molecular weight is 328 g/mol. The molecule has 1 N–H and O–H groups in total. The molecular weight excluding hydrogens is 304 g/mol. The molecule has 0 aliphatic carbocycles. The van der Waals surface area contributed by atoms with Crippen LogP contribution in [-0.2, 0) is 17.7 Å². The number of carbonyl (C=O) groups excluding carboxylic acids is 1. The fourth-order valence-corrected chi connectivity index (χ4v) is 3.13. The number of rotatable bonds is 6. The largest absolute Gasteiger partial charge is 0.379 e. The van der Waals surface area contributed by atoms with E-state index in [0.29, 0.717) is 18.8 Å². The summed E-state index contributed by atoms with van der Waals surface area (Å²) in [5.41, 5.74) is 2.78. The van der Waals surface area contributed by atoms with Crippen LogP contribution in [0.1, 0.15) is 35.0 Å². The van der Waals surface area contributed by atoms with Crippen molar-refractivity contribution >= 4 is 5.91 Å². The first-order valence-corrected chi connectivity index (χ1v) is 8.49. The Balaban J connectivity index is 1.65. The second-order valence-corrected chi connectivity index (χ2v) is 6.30. The Hall–Kier alpha value is -2.21. The molecule has 1 aliphatic rings. The molecule has 2 aromatic heterocycles. The fourth-order valence-electron chi connectivity index (χ4n) is 3.13. The minimum Gasteiger partial charge on any atom is -0.379 e. The van der Waals surface area contributed by atoms with Crippen LogP contribution in [0.5, 0.6) is 0 Å². The van der Waals surface area contributed by atoms with E-state index in [-0.39, 0.29) is 17.9 Å². The quantitative estimate of drug-likeness (QED) is 0.880. The Morgan fingerprint density at radius 1 is 1.38 bits per heavy atom. The van der Waals surface area contributed by atoms with Gasteiger partial charge in [-0.15, -0.1) is 0 Å². The van der Waals surface area contributed by atoms with Crippen LogP contribution in [-0.4, -0.2) is 39.9 Å². The second kappa shape index (κ2) is 7.57. The molecule has 3 rings (SSSR count). The van der Waals surface area contributed by atoms with Gasteiger partial charge in [0.2, 0.25) is 0 Å². The van der Waals surface area contributed by atoms with Crippen LogP contribution in [0.3, 0.4) is 0 Å². The predicted octanol–water partition coefficient (Wildman–Crippen LogP) is 1.98. The number of pyridine rings is 1.